The van der Waals surface area contributed by atoms with Crippen LogP contribution in [-0.4, -0.2) is 6.61 Å². The Morgan fingerprint density at radius 3 is 2.87 bits per heavy atom. The van der Waals surface area contributed by atoms with Crippen molar-refractivity contribution in [1.82, 2.24) is 0 Å². The lowest BCUT2D eigenvalue weighted by atomic mass is 10.1. The molecule has 0 aliphatic rings. The maximum Gasteiger partial charge on any atom is 0.127 e. The van der Waals surface area contributed by atoms with Crippen molar-refractivity contribution in [3.05, 3.63) is 41.7 Å². The van der Waals surface area contributed by atoms with E-state index >= 15 is 0 Å². The molecule has 0 fully saturated rings. The van der Waals surface area contributed by atoms with Crippen molar-refractivity contribution in [1.29, 1.82) is 0 Å². The third kappa shape index (κ3) is 3.36. The van der Waals surface area contributed by atoms with Crippen LogP contribution in [0.2, 0.25) is 0 Å². The van der Waals surface area contributed by atoms with Crippen molar-refractivity contribution in [3.63, 3.8) is 0 Å². The summed E-state index contributed by atoms with van der Waals surface area (Å²) in [5, 5.41) is 0. The van der Waals surface area contributed by atoms with Gasteiger partial charge in [0.05, 0.1) is 0 Å². The minimum Gasteiger partial charge on any atom is -0.489 e. The third-order valence-corrected chi connectivity index (χ3v) is 2.04. The van der Waals surface area contributed by atoms with Crippen LogP contribution in [0.25, 0.3) is 0 Å². The molecule has 2 nitrogen and oxygen atoms in total. The maximum absolute atomic E-state index is 13.0. The zero-order valence-corrected chi connectivity index (χ0v) is 9.03. The highest BCUT2D eigenvalue weighted by atomic mass is 19.1. The van der Waals surface area contributed by atoms with Crippen molar-refractivity contribution >= 4 is 0 Å². The molecule has 0 unspecified atom stereocenters. The summed E-state index contributed by atoms with van der Waals surface area (Å²) in [5.74, 6) is 0.206. The zero-order chi connectivity index (χ0) is 11.3. The van der Waals surface area contributed by atoms with Gasteiger partial charge in [-0.15, -0.1) is 0 Å². The van der Waals surface area contributed by atoms with E-state index in [1.807, 2.05) is 26.0 Å². The summed E-state index contributed by atoms with van der Waals surface area (Å²) in [5.41, 5.74) is 6.57. The monoisotopic (exact) mass is 209 g/mol. The van der Waals surface area contributed by atoms with Crippen LogP contribution in [0.5, 0.6) is 5.75 Å². The fraction of sp³-hybridized carbons (Fsp3) is 0.333. The van der Waals surface area contributed by atoms with E-state index in [0.717, 1.165) is 5.56 Å². The summed E-state index contributed by atoms with van der Waals surface area (Å²) in [6, 6.07) is 4.25. The Bertz CT molecular complexity index is 347. The van der Waals surface area contributed by atoms with Gasteiger partial charge in [-0.05, 0) is 19.9 Å². The van der Waals surface area contributed by atoms with Gasteiger partial charge >= 0.3 is 0 Å². The summed E-state index contributed by atoms with van der Waals surface area (Å²) >= 11 is 0. The summed E-state index contributed by atoms with van der Waals surface area (Å²) < 4.78 is 18.4. The number of ether oxygens (including phenoxy) is 1. The second kappa shape index (κ2) is 5.51. The predicted molar refractivity (Wildman–Crippen MR) is 59.3 cm³/mol. The molecule has 0 saturated carbocycles. The Kier molecular flexibility index (Phi) is 4.31. The molecule has 0 bridgehead atoms. The molecule has 1 rings (SSSR count). The number of nitrogens with two attached hydrogens (primary N) is 1. The molecule has 0 saturated heterocycles. The second-order valence-corrected chi connectivity index (χ2v) is 3.35. The SMILES string of the molecule is CC=CCOc1cc(F)ccc1[C@H](C)N. The van der Waals surface area contributed by atoms with Crippen LogP contribution in [0.4, 0.5) is 4.39 Å². The summed E-state index contributed by atoms with van der Waals surface area (Å²) in [4.78, 5) is 0. The smallest absolute Gasteiger partial charge is 0.127 e. The van der Waals surface area contributed by atoms with Gasteiger partial charge in [0.15, 0.2) is 0 Å². The van der Waals surface area contributed by atoms with E-state index in [0.29, 0.717) is 12.4 Å². The molecule has 0 radical (unpaired) electrons. The van der Waals surface area contributed by atoms with Gasteiger partial charge in [0.25, 0.3) is 0 Å². The fourth-order valence-electron chi connectivity index (χ4n) is 1.24. The summed E-state index contributed by atoms with van der Waals surface area (Å²) in [7, 11) is 0. The van der Waals surface area contributed by atoms with Crippen molar-refractivity contribution in [2.75, 3.05) is 6.61 Å². The lowest BCUT2D eigenvalue weighted by Crippen LogP contribution is -2.08. The van der Waals surface area contributed by atoms with Gasteiger partial charge in [-0.25, -0.2) is 4.39 Å². The Hall–Kier alpha value is -1.35. The minimum atomic E-state index is -0.310. The Morgan fingerprint density at radius 1 is 1.53 bits per heavy atom. The van der Waals surface area contributed by atoms with E-state index in [9.17, 15) is 4.39 Å². The van der Waals surface area contributed by atoms with Crippen LogP contribution in [0.3, 0.4) is 0 Å². The number of hydrogen-bond donors (Lipinski definition) is 1. The van der Waals surface area contributed by atoms with Gasteiger partial charge in [0.1, 0.15) is 18.2 Å². The number of benzene rings is 1. The highest BCUT2D eigenvalue weighted by molar-refractivity contribution is 5.36. The lowest BCUT2D eigenvalue weighted by molar-refractivity contribution is 0.354. The van der Waals surface area contributed by atoms with Crippen LogP contribution < -0.4 is 10.5 Å². The van der Waals surface area contributed by atoms with Crippen LogP contribution in [0.15, 0.2) is 30.4 Å². The first-order chi connectivity index (χ1) is 7.15. The average Bonchev–Trinajstić information content (AvgIpc) is 2.18. The van der Waals surface area contributed by atoms with Crippen LogP contribution in [-0.2, 0) is 0 Å². The minimum absolute atomic E-state index is 0.161. The lowest BCUT2D eigenvalue weighted by Gasteiger charge is -2.12. The van der Waals surface area contributed by atoms with Gasteiger partial charge in [0, 0.05) is 17.7 Å². The molecule has 3 heteroatoms. The first kappa shape index (κ1) is 11.7. The Morgan fingerprint density at radius 2 is 2.27 bits per heavy atom. The van der Waals surface area contributed by atoms with Gasteiger partial charge in [-0.3, -0.25) is 0 Å². The molecule has 15 heavy (non-hydrogen) atoms. The van der Waals surface area contributed by atoms with Crippen LogP contribution in [0, 0.1) is 5.82 Å². The Labute approximate surface area is 89.6 Å². The van der Waals surface area contributed by atoms with Gasteiger partial charge < -0.3 is 10.5 Å². The normalized spacial score (nSPS) is 13.1. The van der Waals surface area contributed by atoms with Crippen LogP contribution >= 0.6 is 0 Å². The van der Waals surface area contributed by atoms with E-state index < -0.39 is 0 Å². The van der Waals surface area contributed by atoms with E-state index in [1.165, 1.54) is 12.1 Å². The molecule has 0 aliphatic carbocycles. The molecule has 0 heterocycles. The average molecular weight is 209 g/mol. The number of allylic oxidation sites excluding steroid dienone is 1. The predicted octanol–water partition coefficient (Wildman–Crippen LogP) is 2.80. The zero-order valence-electron chi connectivity index (χ0n) is 9.03. The second-order valence-electron chi connectivity index (χ2n) is 3.35. The highest BCUT2D eigenvalue weighted by Gasteiger charge is 2.08. The van der Waals surface area contributed by atoms with Crippen LogP contribution in [0.1, 0.15) is 25.5 Å². The largest absolute Gasteiger partial charge is 0.489 e. The molecule has 82 valence electrons. The molecule has 0 aromatic heterocycles. The molecule has 1 atom stereocenters. The number of hydrogen-bond acceptors (Lipinski definition) is 2. The highest BCUT2D eigenvalue weighted by Crippen LogP contribution is 2.24. The third-order valence-electron chi connectivity index (χ3n) is 2.04. The van der Waals surface area contributed by atoms with Crippen molar-refractivity contribution in [2.45, 2.75) is 19.9 Å². The van der Waals surface area contributed by atoms with E-state index in [4.69, 9.17) is 10.5 Å². The van der Waals surface area contributed by atoms with Gasteiger partial charge in [-0.1, -0.05) is 18.2 Å². The molecular formula is C12H16FNO. The molecule has 1 aromatic rings. The van der Waals surface area contributed by atoms with E-state index in [-0.39, 0.29) is 11.9 Å². The summed E-state index contributed by atoms with van der Waals surface area (Å²) in [6.07, 6.45) is 3.74. The fourth-order valence-corrected chi connectivity index (χ4v) is 1.24. The quantitative estimate of drug-likeness (QED) is 0.774. The first-order valence-electron chi connectivity index (χ1n) is 4.94. The molecule has 0 spiro atoms. The molecule has 1 aromatic carbocycles. The maximum atomic E-state index is 13.0. The number of rotatable bonds is 4. The Balaban J connectivity index is 2.86. The topological polar surface area (TPSA) is 35.2 Å². The van der Waals surface area contributed by atoms with Crippen molar-refractivity contribution in [3.8, 4) is 5.75 Å². The standard InChI is InChI=1S/C12H16FNO/c1-3-4-7-15-12-8-10(13)5-6-11(12)9(2)14/h3-6,8-9H,7,14H2,1-2H3/t9-/m0/s1. The molecule has 0 aliphatic heterocycles. The summed E-state index contributed by atoms with van der Waals surface area (Å²) in [6.45, 7) is 4.18. The van der Waals surface area contributed by atoms with Gasteiger partial charge in [0.2, 0.25) is 0 Å². The van der Waals surface area contributed by atoms with E-state index in [2.05, 4.69) is 0 Å². The van der Waals surface area contributed by atoms with E-state index in [1.54, 1.807) is 6.07 Å². The molecule has 2 N–H and O–H groups in total. The molecule has 0 amide bonds. The number of halogens is 1. The van der Waals surface area contributed by atoms with Gasteiger partial charge in [-0.2, -0.15) is 0 Å². The molecular weight excluding hydrogens is 193 g/mol. The first-order valence-corrected chi connectivity index (χ1v) is 4.94. The van der Waals surface area contributed by atoms with Crippen molar-refractivity contribution < 1.29 is 9.13 Å². The van der Waals surface area contributed by atoms with Crippen molar-refractivity contribution in [2.24, 2.45) is 5.73 Å².